The first-order chi connectivity index (χ1) is 12.0. The second-order valence-corrected chi connectivity index (χ2v) is 8.19. The Morgan fingerprint density at radius 1 is 1.08 bits per heavy atom. The molecule has 1 heterocycles. The van der Waals surface area contributed by atoms with E-state index in [1.165, 1.54) is 11.3 Å². The van der Waals surface area contributed by atoms with Gasteiger partial charge in [0.25, 0.3) is 0 Å². The molecule has 3 aliphatic rings. The summed E-state index contributed by atoms with van der Waals surface area (Å²) in [5.74, 6) is -0.741. The van der Waals surface area contributed by atoms with Crippen LogP contribution < -0.4 is 5.32 Å². The summed E-state index contributed by atoms with van der Waals surface area (Å²) in [5, 5.41) is 3.12. The predicted octanol–water partition coefficient (Wildman–Crippen LogP) is 2.80. The minimum absolute atomic E-state index is 0.145. The standard InChI is InChI=1S/C20H30N2O3/c1-13(2)12-17(18(23)21-14-8-4-3-5-9-14)22-19(24)15-10-6-7-11-16(15)20(22)25/h6-7,13-17H,3-5,8-12H2,1-2H3,(H,21,23)/t15-,16-,17+/m0/s1. The molecule has 0 aromatic carbocycles. The zero-order valence-electron chi connectivity index (χ0n) is 15.4. The summed E-state index contributed by atoms with van der Waals surface area (Å²) in [4.78, 5) is 40.0. The fourth-order valence-electron chi connectivity index (χ4n) is 4.45. The molecule has 0 spiro atoms. The SMILES string of the molecule is CC(C)C[C@H](C(=O)NC1CCCCC1)N1C(=O)[C@H]2CC=CC[C@@H]2C1=O. The Kier molecular flexibility index (Phi) is 5.60. The Morgan fingerprint density at radius 2 is 1.64 bits per heavy atom. The van der Waals surface area contributed by atoms with Gasteiger partial charge in [0.15, 0.2) is 0 Å². The van der Waals surface area contributed by atoms with Crippen LogP contribution in [0.2, 0.25) is 0 Å². The van der Waals surface area contributed by atoms with E-state index in [2.05, 4.69) is 5.32 Å². The summed E-state index contributed by atoms with van der Waals surface area (Å²) in [6, 6.07) is -0.472. The van der Waals surface area contributed by atoms with Crippen molar-refractivity contribution in [2.24, 2.45) is 17.8 Å². The molecule has 1 aliphatic heterocycles. The predicted molar refractivity (Wildman–Crippen MR) is 95.5 cm³/mol. The minimum atomic E-state index is -0.660. The van der Waals surface area contributed by atoms with Gasteiger partial charge in [-0.25, -0.2) is 0 Å². The molecule has 3 amide bonds. The molecule has 0 bridgehead atoms. The smallest absolute Gasteiger partial charge is 0.243 e. The minimum Gasteiger partial charge on any atom is -0.352 e. The first-order valence-electron chi connectivity index (χ1n) is 9.81. The zero-order valence-corrected chi connectivity index (χ0v) is 15.4. The van der Waals surface area contributed by atoms with E-state index < -0.39 is 6.04 Å². The summed E-state index contributed by atoms with van der Waals surface area (Å²) < 4.78 is 0. The number of nitrogens with one attached hydrogen (secondary N) is 1. The fourth-order valence-corrected chi connectivity index (χ4v) is 4.45. The molecule has 0 unspecified atom stereocenters. The molecule has 25 heavy (non-hydrogen) atoms. The van der Waals surface area contributed by atoms with Gasteiger partial charge in [0.05, 0.1) is 11.8 Å². The lowest BCUT2D eigenvalue weighted by atomic mass is 9.85. The molecule has 1 saturated heterocycles. The third-order valence-electron chi connectivity index (χ3n) is 5.80. The van der Waals surface area contributed by atoms with E-state index in [0.29, 0.717) is 19.3 Å². The number of allylic oxidation sites excluding steroid dienone is 2. The lowest BCUT2D eigenvalue weighted by Gasteiger charge is -2.30. The van der Waals surface area contributed by atoms with Crippen molar-refractivity contribution in [1.29, 1.82) is 0 Å². The van der Waals surface area contributed by atoms with Crippen molar-refractivity contribution in [3.63, 3.8) is 0 Å². The van der Waals surface area contributed by atoms with E-state index >= 15 is 0 Å². The molecule has 5 heteroatoms. The molecule has 138 valence electrons. The molecule has 5 nitrogen and oxygen atoms in total. The molecule has 0 aromatic rings. The van der Waals surface area contributed by atoms with Gasteiger partial charge in [-0.05, 0) is 38.0 Å². The van der Waals surface area contributed by atoms with E-state index in [0.717, 1.165) is 25.7 Å². The Bertz CT molecular complexity index is 537. The van der Waals surface area contributed by atoms with Crippen molar-refractivity contribution >= 4 is 17.7 Å². The number of rotatable bonds is 5. The van der Waals surface area contributed by atoms with Crippen LogP contribution >= 0.6 is 0 Å². The van der Waals surface area contributed by atoms with Crippen LogP contribution in [0.25, 0.3) is 0 Å². The van der Waals surface area contributed by atoms with Gasteiger partial charge in [-0.1, -0.05) is 45.3 Å². The molecule has 2 fully saturated rings. The van der Waals surface area contributed by atoms with Crippen LogP contribution in [0.3, 0.4) is 0 Å². The maximum atomic E-state index is 13.0. The van der Waals surface area contributed by atoms with Gasteiger partial charge in [0.1, 0.15) is 6.04 Å². The molecule has 2 aliphatic carbocycles. The van der Waals surface area contributed by atoms with Crippen LogP contribution in [-0.4, -0.2) is 34.7 Å². The molecule has 3 atom stereocenters. The maximum absolute atomic E-state index is 13.0. The highest BCUT2D eigenvalue weighted by Crippen LogP contribution is 2.37. The summed E-state index contributed by atoms with van der Waals surface area (Å²) >= 11 is 0. The van der Waals surface area contributed by atoms with Gasteiger partial charge in [-0.15, -0.1) is 0 Å². The Balaban J connectivity index is 1.76. The molecule has 1 saturated carbocycles. The van der Waals surface area contributed by atoms with Crippen molar-refractivity contribution in [2.75, 3.05) is 0 Å². The van der Waals surface area contributed by atoms with Gasteiger partial charge in [-0.2, -0.15) is 0 Å². The monoisotopic (exact) mass is 346 g/mol. The van der Waals surface area contributed by atoms with Crippen LogP contribution in [0.1, 0.15) is 65.2 Å². The van der Waals surface area contributed by atoms with Crippen molar-refractivity contribution in [1.82, 2.24) is 10.2 Å². The number of carbonyl (C=O) groups is 3. The normalized spacial score (nSPS) is 28.4. The lowest BCUT2D eigenvalue weighted by molar-refractivity contribution is -0.148. The maximum Gasteiger partial charge on any atom is 0.243 e. The average molecular weight is 346 g/mol. The number of carbonyl (C=O) groups excluding carboxylic acids is 3. The summed E-state index contributed by atoms with van der Waals surface area (Å²) in [6.45, 7) is 4.06. The van der Waals surface area contributed by atoms with E-state index in [-0.39, 0.29) is 41.5 Å². The van der Waals surface area contributed by atoms with E-state index in [1.807, 2.05) is 26.0 Å². The second-order valence-electron chi connectivity index (χ2n) is 8.19. The molecule has 0 radical (unpaired) electrons. The number of likely N-dealkylation sites (tertiary alicyclic amines) is 1. The van der Waals surface area contributed by atoms with Crippen molar-refractivity contribution in [3.05, 3.63) is 12.2 Å². The summed E-state index contributed by atoms with van der Waals surface area (Å²) in [7, 11) is 0. The Hall–Kier alpha value is -1.65. The second kappa shape index (κ2) is 7.71. The first kappa shape index (κ1) is 18.2. The van der Waals surface area contributed by atoms with E-state index in [4.69, 9.17) is 0 Å². The Morgan fingerprint density at radius 3 is 2.16 bits per heavy atom. The first-order valence-corrected chi connectivity index (χ1v) is 9.81. The highest BCUT2D eigenvalue weighted by Gasteiger charge is 2.51. The number of hydrogen-bond acceptors (Lipinski definition) is 3. The number of amides is 3. The highest BCUT2D eigenvalue weighted by atomic mass is 16.2. The molecule has 1 N–H and O–H groups in total. The Labute approximate surface area is 150 Å². The van der Waals surface area contributed by atoms with Gasteiger partial charge in [-0.3, -0.25) is 19.3 Å². The quantitative estimate of drug-likeness (QED) is 0.615. The van der Waals surface area contributed by atoms with Gasteiger partial charge in [0, 0.05) is 6.04 Å². The van der Waals surface area contributed by atoms with Crippen molar-refractivity contribution < 1.29 is 14.4 Å². The molecule has 0 aromatic heterocycles. The number of imide groups is 1. The largest absolute Gasteiger partial charge is 0.352 e. The van der Waals surface area contributed by atoms with Crippen LogP contribution in [0.4, 0.5) is 0 Å². The van der Waals surface area contributed by atoms with Crippen molar-refractivity contribution in [2.45, 2.75) is 77.3 Å². The number of fused-ring (bicyclic) bond motifs is 1. The number of hydrogen-bond donors (Lipinski definition) is 1. The van der Waals surface area contributed by atoms with Crippen molar-refractivity contribution in [3.8, 4) is 0 Å². The third-order valence-corrected chi connectivity index (χ3v) is 5.80. The number of nitrogens with zero attached hydrogens (tertiary/aromatic N) is 1. The molecular formula is C20H30N2O3. The molecular weight excluding hydrogens is 316 g/mol. The summed E-state index contributed by atoms with van der Waals surface area (Å²) in [5.41, 5.74) is 0. The van der Waals surface area contributed by atoms with Gasteiger partial charge < -0.3 is 5.32 Å². The van der Waals surface area contributed by atoms with Crippen LogP contribution in [0.5, 0.6) is 0 Å². The van der Waals surface area contributed by atoms with Gasteiger partial charge >= 0.3 is 0 Å². The van der Waals surface area contributed by atoms with E-state index in [1.54, 1.807) is 0 Å². The molecule has 3 rings (SSSR count). The zero-order chi connectivity index (χ0) is 18.0. The average Bonchev–Trinajstić information content (AvgIpc) is 2.85. The summed E-state index contributed by atoms with van der Waals surface area (Å²) in [6.07, 6.45) is 11.2. The topological polar surface area (TPSA) is 66.5 Å². The highest BCUT2D eigenvalue weighted by molar-refractivity contribution is 6.08. The van der Waals surface area contributed by atoms with E-state index in [9.17, 15) is 14.4 Å². The van der Waals surface area contributed by atoms with Crippen LogP contribution in [0, 0.1) is 17.8 Å². The van der Waals surface area contributed by atoms with Crippen LogP contribution in [0.15, 0.2) is 12.2 Å². The van der Waals surface area contributed by atoms with Gasteiger partial charge in [0.2, 0.25) is 17.7 Å². The fraction of sp³-hybridized carbons (Fsp3) is 0.750. The lowest BCUT2D eigenvalue weighted by Crippen LogP contribution is -2.53. The van der Waals surface area contributed by atoms with Crippen LogP contribution in [-0.2, 0) is 14.4 Å². The third kappa shape index (κ3) is 3.80.